The molecule has 2 aliphatic rings. The van der Waals surface area contributed by atoms with E-state index in [0.717, 1.165) is 31.6 Å². The molecular weight excluding hydrogens is 186 g/mol. The second kappa shape index (κ2) is 4.25. The number of ketones is 1. The third-order valence-electron chi connectivity index (χ3n) is 4.54. The molecular formula is C13H23NO. The second-order valence-electron chi connectivity index (χ2n) is 5.51. The summed E-state index contributed by atoms with van der Waals surface area (Å²) in [6, 6.07) is 0. The lowest BCUT2D eigenvalue weighted by molar-refractivity contribution is -0.134. The minimum absolute atomic E-state index is 0.120. The van der Waals surface area contributed by atoms with Crippen molar-refractivity contribution in [3.05, 3.63) is 0 Å². The van der Waals surface area contributed by atoms with Crippen molar-refractivity contribution in [2.45, 2.75) is 57.4 Å². The van der Waals surface area contributed by atoms with Gasteiger partial charge in [-0.1, -0.05) is 19.8 Å². The Bertz CT molecular complexity index is 231. The summed E-state index contributed by atoms with van der Waals surface area (Å²) in [5.74, 6) is 1.71. The van der Waals surface area contributed by atoms with Gasteiger partial charge in [0.2, 0.25) is 0 Å². The Labute approximate surface area is 92.8 Å². The molecule has 2 fully saturated rings. The summed E-state index contributed by atoms with van der Waals surface area (Å²) >= 11 is 0. The normalized spacial score (nSPS) is 34.5. The maximum absolute atomic E-state index is 12.4. The molecule has 0 aromatic carbocycles. The first-order chi connectivity index (χ1) is 7.18. The fourth-order valence-electron chi connectivity index (χ4n) is 3.06. The highest BCUT2D eigenvalue weighted by atomic mass is 16.1. The lowest BCUT2D eigenvalue weighted by Crippen LogP contribution is -2.58. The molecule has 0 atom stereocenters. The molecule has 15 heavy (non-hydrogen) atoms. The van der Waals surface area contributed by atoms with E-state index in [-0.39, 0.29) is 5.54 Å². The van der Waals surface area contributed by atoms with Crippen LogP contribution >= 0.6 is 0 Å². The van der Waals surface area contributed by atoms with Crippen molar-refractivity contribution in [3.8, 4) is 0 Å². The van der Waals surface area contributed by atoms with Crippen molar-refractivity contribution in [2.24, 2.45) is 11.8 Å². The summed E-state index contributed by atoms with van der Waals surface area (Å²) in [6.45, 7) is 2.30. The number of carbonyl (C=O) groups is 1. The number of nitrogens with one attached hydrogen (secondary N) is 1. The quantitative estimate of drug-likeness (QED) is 0.774. The van der Waals surface area contributed by atoms with Gasteiger partial charge in [-0.25, -0.2) is 0 Å². The Morgan fingerprint density at radius 3 is 2.20 bits per heavy atom. The first-order valence-electron chi connectivity index (χ1n) is 6.41. The van der Waals surface area contributed by atoms with Crippen molar-refractivity contribution in [3.63, 3.8) is 0 Å². The van der Waals surface area contributed by atoms with Gasteiger partial charge >= 0.3 is 0 Å². The Hall–Kier alpha value is -0.370. The van der Waals surface area contributed by atoms with Gasteiger partial charge in [0.15, 0.2) is 5.78 Å². The van der Waals surface area contributed by atoms with E-state index in [4.69, 9.17) is 0 Å². The van der Waals surface area contributed by atoms with Crippen molar-refractivity contribution in [1.82, 2.24) is 5.32 Å². The van der Waals surface area contributed by atoms with Crippen LogP contribution in [0.25, 0.3) is 0 Å². The zero-order valence-corrected chi connectivity index (χ0v) is 10.0. The minimum Gasteiger partial charge on any atom is -0.308 e. The fourth-order valence-corrected chi connectivity index (χ4v) is 3.06. The van der Waals surface area contributed by atoms with Gasteiger partial charge in [0.1, 0.15) is 0 Å². The third-order valence-corrected chi connectivity index (χ3v) is 4.54. The van der Waals surface area contributed by atoms with Gasteiger partial charge < -0.3 is 5.32 Å². The van der Waals surface area contributed by atoms with Gasteiger partial charge in [0.05, 0.1) is 5.54 Å². The van der Waals surface area contributed by atoms with Crippen molar-refractivity contribution >= 4 is 5.78 Å². The Kier molecular flexibility index (Phi) is 3.15. The molecule has 0 unspecified atom stereocenters. The lowest BCUT2D eigenvalue weighted by atomic mass is 9.67. The molecule has 0 spiro atoms. The largest absolute Gasteiger partial charge is 0.308 e. The van der Waals surface area contributed by atoms with Crippen LogP contribution in [-0.2, 0) is 4.79 Å². The topological polar surface area (TPSA) is 29.1 Å². The van der Waals surface area contributed by atoms with Gasteiger partial charge in [-0.05, 0) is 45.1 Å². The molecule has 0 aromatic rings. The molecule has 0 saturated heterocycles. The van der Waals surface area contributed by atoms with Crippen LogP contribution in [0.1, 0.15) is 51.9 Å². The zero-order valence-electron chi connectivity index (χ0n) is 10.0. The summed E-state index contributed by atoms with van der Waals surface area (Å²) in [5, 5.41) is 3.27. The highest BCUT2D eigenvalue weighted by Gasteiger charge is 2.45. The standard InChI is InChI=1S/C13H23NO/c1-10-4-6-11(7-5-10)12(15)13(14-2)8-3-9-13/h10-11,14H,3-9H2,1-2H3. The van der Waals surface area contributed by atoms with Crippen molar-refractivity contribution in [1.29, 1.82) is 0 Å². The minimum atomic E-state index is -0.120. The van der Waals surface area contributed by atoms with E-state index in [1.54, 1.807) is 0 Å². The Morgan fingerprint density at radius 1 is 1.20 bits per heavy atom. The molecule has 0 radical (unpaired) electrons. The van der Waals surface area contributed by atoms with Crippen LogP contribution in [0.15, 0.2) is 0 Å². The summed E-state index contributed by atoms with van der Waals surface area (Å²) < 4.78 is 0. The highest BCUT2D eigenvalue weighted by molar-refractivity contribution is 5.91. The van der Waals surface area contributed by atoms with Crippen LogP contribution < -0.4 is 5.32 Å². The number of Topliss-reactive ketones (excluding diaryl/α,β-unsaturated/α-hetero) is 1. The first kappa shape index (κ1) is 11.1. The monoisotopic (exact) mass is 209 g/mol. The van der Waals surface area contributed by atoms with Gasteiger partial charge in [-0.15, -0.1) is 0 Å². The average molecular weight is 209 g/mol. The van der Waals surface area contributed by atoms with Crippen molar-refractivity contribution in [2.75, 3.05) is 7.05 Å². The molecule has 0 aliphatic heterocycles. The van der Waals surface area contributed by atoms with E-state index >= 15 is 0 Å². The SMILES string of the molecule is CNC1(C(=O)C2CCC(C)CC2)CCC1. The molecule has 2 aliphatic carbocycles. The molecule has 86 valence electrons. The van der Waals surface area contributed by atoms with Gasteiger partial charge in [0.25, 0.3) is 0 Å². The van der Waals surface area contributed by atoms with Crippen LogP contribution in [0.5, 0.6) is 0 Å². The van der Waals surface area contributed by atoms with Gasteiger partial charge in [-0.3, -0.25) is 4.79 Å². The maximum Gasteiger partial charge on any atom is 0.155 e. The molecule has 0 heterocycles. The molecule has 0 amide bonds. The van der Waals surface area contributed by atoms with Crippen LogP contribution in [0.3, 0.4) is 0 Å². The van der Waals surface area contributed by atoms with Gasteiger partial charge in [0, 0.05) is 5.92 Å². The summed E-state index contributed by atoms with van der Waals surface area (Å²) in [4.78, 5) is 12.4. The first-order valence-corrected chi connectivity index (χ1v) is 6.41. The number of hydrogen-bond acceptors (Lipinski definition) is 2. The smallest absolute Gasteiger partial charge is 0.155 e. The summed E-state index contributed by atoms with van der Waals surface area (Å²) in [5.41, 5.74) is -0.120. The maximum atomic E-state index is 12.4. The average Bonchev–Trinajstić information content (AvgIpc) is 2.18. The van der Waals surface area contributed by atoms with Crippen LogP contribution in [-0.4, -0.2) is 18.4 Å². The van der Waals surface area contributed by atoms with Crippen molar-refractivity contribution < 1.29 is 4.79 Å². The van der Waals surface area contributed by atoms with Crippen LogP contribution in [0.4, 0.5) is 0 Å². The van der Waals surface area contributed by atoms with Crippen LogP contribution in [0.2, 0.25) is 0 Å². The third kappa shape index (κ3) is 1.96. The van der Waals surface area contributed by atoms with Crippen LogP contribution in [0, 0.1) is 11.8 Å². The zero-order chi connectivity index (χ0) is 10.9. The summed E-state index contributed by atoms with van der Waals surface area (Å²) in [6.07, 6.45) is 8.09. The Balaban J connectivity index is 1.95. The highest BCUT2D eigenvalue weighted by Crippen LogP contribution is 2.39. The molecule has 0 bridgehead atoms. The predicted octanol–water partition coefficient (Wildman–Crippen LogP) is 2.52. The van der Waals surface area contributed by atoms with E-state index in [9.17, 15) is 4.79 Å². The fraction of sp³-hybridized carbons (Fsp3) is 0.923. The number of carbonyl (C=O) groups excluding carboxylic acids is 1. The van der Waals surface area contributed by atoms with E-state index < -0.39 is 0 Å². The number of likely N-dealkylation sites (N-methyl/N-ethyl adjacent to an activating group) is 1. The van der Waals surface area contributed by atoms with Gasteiger partial charge in [-0.2, -0.15) is 0 Å². The Morgan fingerprint density at radius 2 is 1.80 bits per heavy atom. The van der Waals surface area contributed by atoms with E-state index in [2.05, 4.69) is 12.2 Å². The molecule has 1 N–H and O–H groups in total. The molecule has 0 aromatic heterocycles. The predicted molar refractivity (Wildman–Crippen MR) is 61.8 cm³/mol. The molecule has 2 saturated carbocycles. The summed E-state index contributed by atoms with van der Waals surface area (Å²) in [7, 11) is 1.95. The van der Waals surface area contributed by atoms with E-state index in [1.807, 2.05) is 7.05 Å². The molecule has 2 heteroatoms. The molecule has 2 nitrogen and oxygen atoms in total. The molecule has 2 rings (SSSR count). The van der Waals surface area contributed by atoms with E-state index in [1.165, 1.54) is 19.3 Å². The van der Waals surface area contributed by atoms with E-state index in [0.29, 0.717) is 11.7 Å². The number of rotatable bonds is 3. The number of hydrogen-bond donors (Lipinski definition) is 1. The second-order valence-corrected chi connectivity index (χ2v) is 5.51. The lowest BCUT2D eigenvalue weighted by Gasteiger charge is -2.43.